The number of nitrogens with two attached hydrogens (primary N) is 1. The molecule has 0 aliphatic rings. The Kier molecular flexibility index (Phi) is 20.7. The Morgan fingerprint density at radius 1 is 0.750 bits per heavy atom. The molecule has 0 rings (SSSR count). The number of carbonyl (C=O) groups excluding carboxylic acids is 2. The minimum Gasteiger partial charge on any atom is -0.394 e. The summed E-state index contributed by atoms with van der Waals surface area (Å²) in [6, 6.07) is 0. The van der Waals surface area contributed by atoms with Crippen molar-refractivity contribution in [1.29, 1.82) is 0 Å². The summed E-state index contributed by atoms with van der Waals surface area (Å²) in [6.45, 7) is -1.52. The van der Waals surface area contributed by atoms with E-state index in [1.54, 1.807) is 0 Å². The molecule has 0 saturated heterocycles. The van der Waals surface area contributed by atoms with Crippen LogP contribution in [0.25, 0.3) is 0 Å². The molecule has 28 heavy (non-hydrogen) atoms. The van der Waals surface area contributed by atoms with Crippen molar-refractivity contribution in [2.45, 2.75) is 48.8 Å². The lowest BCUT2D eigenvalue weighted by atomic mass is 10.0. The number of thiol groups is 1. The Labute approximate surface area is 170 Å². The number of aliphatic hydroxyl groups is 10. The zero-order chi connectivity index (χ0) is 23.0. The van der Waals surface area contributed by atoms with Gasteiger partial charge in [-0.2, -0.15) is 0 Å². The van der Waals surface area contributed by atoms with E-state index in [0.29, 0.717) is 0 Å². The molecular weight excluding hydrogens is 426 g/mol. The smallest absolute Gasteiger partial charge is 0.151 e. The van der Waals surface area contributed by atoms with Crippen LogP contribution in [0.1, 0.15) is 0 Å². The number of aldehydes is 2. The first-order valence-corrected chi connectivity index (χ1v) is 8.22. The van der Waals surface area contributed by atoms with E-state index >= 15 is 0 Å². The Morgan fingerprint density at radius 2 is 0.964 bits per heavy atom. The van der Waals surface area contributed by atoms with Crippen LogP contribution < -0.4 is 5.73 Å². The molecule has 0 aliphatic heterocycles. The molecule has 8 atom stereocenters. The Bertz CT molecular complexity index is 396. The van der Waals surface area contributed by atoms with Crippen LogP contribution >= 0.6 is 24.8 Å². The second kappa shape index (κ2) is 18.2. The molecule has 168 valence electrons. The molecule has 0 fully saturated rings. The van der Waals surface area contributed by atoms with Gasteiger partial charge in [0.2, 0.25) is 0 Å². The molecule has 8 unspecified atom stereocenters. The van der Waals surface area contributed by atoms with E-state index in [2.05, 4.69) is 24.8 Å². The molecule has 0 heterocycles. The van der Waals surface area contributed by atoms with Gasteiger partial charge in [0.15, 0.2) is 12.6 Å². The van der Waals surface area contributed by atoms with Crippen molar-refractivity contribution in [1.82, 2.24) is 0 Å². The van der Waals surface area contributed by atoms with Crippen molar-refractivity contribution >= 4 is 41.7 Å². The summed E-state index contributed by atoms with van der Waals surface area (Å²) in [5.74, 6) is 0. The van der Waals surface area contributed by atoms with Crippen molar-refractivity contribution in [2.75, 3.05) is 13.2 Å². The highest BCUT2D eigenvalue weighted by Gasteiger charge is 2.30. The van der Waals surface area contributed by atoms with Gasteiger partial charge in [0, 0.05) is 0 Å². The monoisotopic (exact) mass is 453 g/mol. The number of aliphatic hydroxyl groups excluding tert-OH is 10. The topological polar surface area (TPSA) is 262 Å². The average Bonchev–Trinajstić information content (AvgIpc) is 2.68. The van der Waals surface area contributed by atoms with Crippen LogP contribution in [-0.4, -0.2) is 130 Å². The fourth-order valence-electron chi connectivity index (χ4n) is 1.24. The van der Waals surface area contributed by atoms with Gasteiger partial charge in [0.1, 0.15) is 53.2 Å². The van der Waals surface area contributed by atoms with Crippen LogP contribution in [0.2, 0.25) is 0 Å². The third-order valence-corrected chi connectivity index (χ3v) is 2.84. The summed E-state index contributed by atoms with van der Waals surface area (Å²) in [4.78, 5) is 19.8. The summed E-state index contributed by atoms with van der Waals surface area (Å²) in [6.07, 6.45) is -13.7. The third kappa shape index (κ3) is 15.1. The molecule has 0 saturated carbocycles. The molecule has 0 spiro atoms. The standard InChI is InChI=1S/2C6H12O6.CH3NS2/c2*7-1-3(9)5(11)6(12)4(10)2-8;2-1(3)4/h2*1,3-6,8-12H,2H2;(H3,2,3,4). The Hall–Kier alpha value is -0.820. The average molecular weight is 453 g/mol. The lowest BCUT2D eigenvalue weighted by molar-refractivity contribution is -0.136. The van der Waals surface area contributed by atoms with Gasteiger partial charge in [-0.15, -0.1) is 12.6 Å². The molecule has 0 aromatic rings. The minimum atomic E-state index is -1.79. The third-order valence-electron chi connectivity index (χ3n) is 2.84. The van der Waals surface area contributed by atoms with Crippen LogP contribution in [0, 0.1) is 0 Å². The van der Waals surface area contributed by atoms with E-state index in [4.69, 9.17) is 56.8 Å². The Morgan fingerprint density at radius 3 is 1.11 bits per heavy atom. The van der Waals surface area contributed by atoms with Gasteiger partial charge in [-0.25, -0.2) is 0 Å². The summed E-state index contributed by atoms with van der Waals surface area (Å²) < 4.78 is 0.194. The predicted molar refractivity (Wildman–Crippen MR) is 100 cm³/mol. The highest BCUT2D eigenvalue weighted by Crippen LogP contribution is 2.03. The van der Waals surface area contributed by atoms with E-state index in [0.717, 1.165) is 0 Å². The molecule has 12 N–H and O–H groups in total. The molecular formula is C13H27NO12S2. The normalized spacial score (nSPS) is 19.0. The maximum atomic E-state index is 9.90. The largest absolute Gasteiger partial charge is 0.394 e. The first-order valence-electron chi connectivity index (χ1n) is 7.37. The molecule has 0 bridgehead atoms. The number of hydrogen-bond donors (Lipinski definition) is 12. The summed E-state index contributed by atoms with van der Waals surface area (Å²) in [5, 5.41) is 87.1. The fraction of sp³-hybridized carbons (Fsp3) is 0.769. The molecule has 15 heteroatoms. The summed E-state index contributed by atoms with van der Waals surface area (Å²) in [5.41, 5.74) is 4.71. The van der Waals surface area contributed by atoms with E-state index in [1.807, 2.05) is 0 Å². The molecule has 0 radical (unpaired) electrons. The van der Waals surface area contributed by atoms with Crippen LogP contribution in [0.15, 0.2) is 0 Å². The molecule has 0 aromatic carbocycles. The maximum absolute atomic E-state index is 9.90. The number of thiocarbonyl (C=S) groups is 1. The van der Waals surface area contributed by atoms with Crippen molar-refractivity contribution in [2.24, 2.45) is 5.73 Å². The highest BCUT2D eigenvalue weighted by atomic mass is 32.1. The van der Waals surface area contributed by atoms with Crippen molar-refractivity contribution < 1.29 is 60.7 Å². The van der Waals surface area contributed by atoms with Gasteiger partial charge >= 0.3 is 0 Å². The summed E-state index contributed by atoms with van der Waals surface area (Å²) in [7, 11) is 0. The first-order chi connectivity index (χ1) is 12.8. The van der Waals surface area contributed by atoms with Crippen molar-refractivity contribution in [3.8, 4) is 0 Å². The highest BCUT2D eigenvalue weighted by molar-refractivity contribution is 8.10. The van der Waals surface area contributed by atoms with Crippen LogP contribution in [-0.2, 0) is 9.59 Å². The lowest BCUT2D eigenvalue weighted by Gasteiger charge is -2.22. The van der Waals surface area contributed by atoms with Gasteiger partial charge in [-0.1, -0.05) is 12.2 Å². The number of rotatable bonds is 10. The molecule has 0 amide bonds. The Balaban J connectivity index is -0.000000375. The zero-order valence-electron chi connectivity index (χ0n) is 14.4. The quantitative estimate of drug-likeness (QED) is 0.0833. The molecule has 0 aromatic heterocycles. The van der Waals surface area contributed by atoms with Gasteiger partial charge in [-0.05, 0) is 0 Å². The van der Waals surface area contributed by atoms with Gasteiger partial charge in [0.25, 0.3) is 0 Å². The maximum Gasteiger partial charge on any atom is 0.151 e. The van der Waals surface area contributed by atoms with Gasteiger partial charge in [-0.3, -0.25) is 0 Å². The minimum absolute atomic E-state index is 0.0258. The van der Waals surface area contributed by atoms with E-state index in [-0.39, 0.29) is 16.9 Å². The van der Waals surface area contributed by atoms with Gasteiger partial charge < -0.3 is 66.4 Å². The van der Waals surface area contributed by atoms with Crippen LogP contribution in [0.5, 0.6) is 0 Å². The van der Waals surface area contributed by atoms with E-state index in [1.165, 1.54) is 0 Å². The molecule has 0 aliphatic carbocycles. The lowest BCUT2D eigenvalue weighted by Crippen LogP contribution is -2.46. The molecule has 13 nitrogen and oxygen atoms in total. The fourth-order valence-corrected chi connectivity index (χ4v) is 1.24. The predicted octanol–water partition coefficient (Wildman–Crippen LogP) is -6.60. The van der Waals surface area contributed by atoms with Crippen molar-refractivity contribution in [3.63, 3.8) is 0 Å². The zero-order valence-corrected chi connectivity index (χ0v) is 16.1. The SMILES string of the molecule is NC(=S)S.O=CC(O)C(O)C(O)C(O)CO.O=CC(O)C(O)C(O)C(O)CO. The summed E-state index contributed by atoms with van der Waals surface area (Å²) >= 11 is 7.65. The number of hydrogen-bond acceptors (Lipinski definition) is 13. The number of carbonyl (C=O) groups is 2. The van der Waals surface area contributed by atoms with Gasteiger partial charge in [0.05, 0.1) is 13.2 Å². The van der Waals surface area contributed by atoms with E-state index < -0.39 is 62.0 Å². The second-order valence-electron chi connectivity index (χ2n) is 5.05. The van der Waals surface area contributed by atoms with Crippen LogP contribution in [0.4, 0.5) is 0 Å². The second-order valence-corrected chi connectivity index (χ2v) is 6.28. The van der Waals surface area contributed by atoms with Crippen molar-refractivity contribution in [3.05, 3.63) is 0 Å². The van der Waals surface area contributed by atoms with Crippen LogP contribution in [0.3, 0.4) is 0 Å². The van der Waals surface area contributed by atoms with E-state index in [9.17, 15) is 9.59 Å². The first kappa shape index (κ1) is 31.9.